The smallest absolute Gasteiger partial charge is 0.310 e. The highest BCUT2D eigenvalue weighted by atomic mass is 35.5. The molecule has 0 fully saturated rings. The number of rotatable bonds is 8. The van der Waals surface area contributed by atoms with Gasteiger partial charge in [0.1, 0.15) is 0 Å². The maximum Gasteiger partial charge on any atom is 0.310 e. The second-order valence-corrected chi connectivity index (χ2v) is 8.05. The first kappa shape index (κ1) is 22.3. The quantitative estimate of drug-likeness (QED) is 0.599. The van der Waals surface area contributed by atoms with E-state index >= 15 is 0 Å². The summed E-state index contributed by atoms with van der Waals surface area (Å²) in [4.78, 5) is 24.0. The van der Waals surface area contributed by atoms with Gasteiger partial charge in [0.05, 0.1) is 12.5 Å². The van der Waals surface area contributed by atoms with Crippen LogP contribution in [0, 0.1) is 5.92 Å². The average Bonchev–Trinajstić information content (AvgIpc) is 2.62. The van der Waals surface area contributed by atoms with Gasteiger partial charge in [-0.15, -0.1) is 0 Å². The Morgan fingerprint density at radius 2 is 1.71 bits per heavy atom. The molecule has 0 aromatic heterocycles. The molecule has 0 unspecified atom stereocenters. The van der Waals surface area contributed by atoms with Crippen LogP contribution in [0.2, 0.25) is 10.0 Å². The minimum Gasteiger partial charge on any atom is -0.455 e. The number of esters is 1. The van der Waals surface area contributed by atoms with Crippen LogP contribution < -0.4 is 5.32 Å². The maximum atomic E-state index is 12.1. The van der Waals surface area contributed by atoms with E-state index in [1.165, 1.54) is 5.56 Å². The van der Waals surface area contributed by atoms with Gasteiger partial charge in [0.15, 0.2) is 6.61 Å². The predicted molar refractivity (Wildman–Crippen MR) is 113 cm³/mol. The number of hydrogen-bond acceptors (Lipinski definition) is 3. The fourth-order valence-corrected chi connectivity index (χ4v) is 3.27. The number of carbonyl (C=O) groups excluding carboxylic acids is 2. The summed E-state index contributed by atoms with van der Waals surface area (Å²) in [7, 11) is 0. The summed E-state index contributed by atoms with van der Waals surface area (Å²) in [5.74, 6) is -0.278. The molecule has 150 valence electrons. The van der Waals surface area contributed by atoms with Crippen LogP contribution in [-0.2, 0) is 27.2 Å². The van der Waals surface area contributed by atoms with Gasteiger partial charge in [-0.2, -0.15) is 0 Å². The molecule has 0 radical (unpaired) electrons. The molecule has 0 saturated heterocycles. The van der Waals surface area contributed by atoms with Crippen molar-refractivity contribution >= 4 is 35.1 Å². The van der Waals surface area contributed by atoms with Gasteiger partial charge >= 0.3 is 5.97 Å². The molecular formula is C22H25Cl2NO3. The molecule has 4 nitrogen and oxygen atoms in total. The largest absolute Gasteiger partial charge is 0.455 e. The average molecular weight is 422 g/mol. The van der Waals surface area contributed by atoms with Crippen molar-refractivity contribution in [2.75, 3.05) is 6.61 Å². The summed E-state index contributed by atoms with van der Waals surface area (Å²) in [6.07, 6.45) is 1.00. The lowest BCUT2D eigenvalue weighted by Crippen LogP contribution is -2.31. The Morgan fingerprint density at radius 1 is 1.04 bits per heavy atom. The van der Waals surface area contributed by atoms with E-state index in [4.69, 9.17) is 27.9 Å². The first-order valence-electron chi connectivity index (χ1n) is 9.22. The van der Waals surface area contributed by atoms with Gasteiger partial charge in [-0.25, -0.2) is 0 Å². The third kappa shape index (κ3) is 7.17. The van der Waals surface area contributed by atoms with Gasteiger partial charge < -0.3 is 10.1 Å². The highest BCUT2D eigenvalue weighted by Crippen LogP contribution is 2.21. The normalized spacial score (nSPS) is 11.9. The summed E-state index contributed by atoms with van der Waals surface area (Å²) in [6.45, 7) is 5.92. The first-order valence-corrected chi connectivity index (χ1v) is 9.98. The van der Waals surface area contributed by atoms with Crippen LogP contribution in [0.1, 0.15) is 43.5 Å². The van der Waals surface area contributed by atoms with Crippen molar-refractivity contribution in [2.24, 2.45) is 5.92 Å². The Kier molecular flexibility index (Phi) is 8.34. The Morgan fingerprint density at radius 3 is 2.32 bits per heavy atom. The molecule has 28 heavy (non-hydrogen) atoms. The Balaban J connectivity index is 1.80. The van der Waals surface area contributed by atoms with Crippen molar-refractivity contribution in [3.05, 3.63) is 69.2 Å². The van der Waals surface area contributed by atoms with E-state index in [1.807, 2.05) is 19.1 Å². The number of hydrogen-bond donors (Lipinski definition) is 1. The molecule has 2 aromatic rings. The lowest BCUT2D eigenvalue weighted by atomic mass is 10.00. The van der Waals surface area contributed by atoms with Crippen LogP contribution in [0.3, 0.4) is 0 Å². The van der Waals surface area contributed by atoms with Crippen LogP contribution in [0.4, 0.5) is 0 Å². The molecule has 6 heteroatoms. The van der Waals surface area contributed by atoms with Gasteiger partial charge in [0.25, 0.3) is 5.91 Å². The molecule has 1 amide bonds. The zero-order valence-corrected chi connectivity index (χ0v) is 17.8. The van der Waals surface area contributed by atoms with Crippen molar-refractivity contribution in [1.82, 2.24) is 5.32 Å². The third-order valence-corrected chi connectivity index (χ3v) is 4.80. The molecule has 1 N–H and O–H groups in total. The summed E-state index contributed by atoms with van der Waals surface area (Å²) >= 11 is 11.9. The van der Waals surface area contributed by atoms with Crippen LogP contribution in [0.5, 0.6) is 0 Å². The highest BCUT2D eigenvalue weighted by Gasteiger charge is 2.14. The van der Waals surface area contributed by atoms with Crippen LogP contribution in [0.25, 0.3) is 0 Å². The molecule has 0 aliphatic carbocycles. The number of benzene rings is 2. The lowest BCUT2D eigenvalue weighted by Gasteiger charge is -2.15. The Hall–Kier alpha value is -2.04. The standard InChI is InChI=1S/C22H25Cl2NO3/c1-14(2)10-16-4-6-17(7-5-16)15(3)25-21(26)13-28-22(27)11-18-8-9-19(23)12-20(18)24/h4-9,12,14-15H,10-11,13H2,1-3H3,(H,25,26)/t15-/m1/s1. The van der Waals surface area contributed by atoms with Gasteiger partial charge in [-0.1, -0.05) is 67.4 Å². The minimum atomic E-state index is -0.523. The zero-order chi connectivity index (χ0) is 20.7. The molecule has 2 aromatic carbocycles. The molecular weight excluding hydrogens is 397 g/mol. The number of amides is 1. The molecule has 0 heterocycles. The van der Waals surface area contributed by atoms with Gasteiger partial charge in [-0.05, 0) is 48.1 Å². The Labute approximate surface area is 176 Å². The van der Waals surface area contributed by atoms with Gasteiger partial charge in [0, 0.05) is 10.0 Å². The monoisotopic (exact) mass is 421 g/mol. The minimum absolute atomic E-state index is 0.0177. The van der Waals surface area contributed by atoms with E-state index in [2.05, 4.69) is 31.3 Å². The molecule has 0 bridgehead atoms. The Bertz CT molecular complexity index is 819. The topological polar surface area (TPSA) is 55.4 Å². The van der Waals surface area contributed by atoms with E-state index < -0.39 is 5.97 Å². The number of carbonyl (C=O) groups is 2. The molecule has 1 atom stereocenters. The van der Waals surface area contributed by atoms with Gasteiger partial charge in [0.2, 0.25) is 0 Å². The van der Waals surface area contributed by atoms with Crippen molar-refractivity contribution < 1.29 is 14.3 Å². The van der Waals surface area contributed by atoms with E-state index in [-0.39, 0.29) is 25.0 Å². The second kappa shape index (κ2) is 10.5. The first-order chi connectivity index (χ1) is 13.2. The number of nitrogens with one attached hydrogen (secondary N) is 1. The maximum absolute atomic E-state index is 12.1. The van der Waals surface area contributed by atoms with Crippen LogP contribution >= 0.6 is 23.2 Å². The zero-order valence-electron chi connectivity index (χ0n) is 16.3. The van der Waals surface area contributed by atoms with Crippen molar-refractivity contribution in [3.8, 4) is 0 Å². The fourth-order valence-electron chi connectivity index (χ4n) is 2.80. The van der Waals surface area contributed by atoms with Crippen LogP contribution in [0.15, 0.2) is 42.5 Å². The highest BCUT2D eigenvalue weighted by molar-refractivity contribution is 6.35. The van der Waals surface area contributed by atoms with E-state index in [9.17, 15) is 9.59 Å². The molecule has 0 spiro atoms. The number of ether oxygens (including phenoxy) is 1. The second-order valence-electron chi connectivity index (χ2n) is 7.20. The fraction of sp³-hybridized carbons (Fsp3) is 0.364. The van der Waals surface area contributed by atoms with Crippen molar-refractivity contribution in [2.45, 2.75) is 39.7 Å². The SMILES string of the molecule is CC(C)Cc1ccc([C@@H](C)NC(=O)COC(=O)Cc2ccc(Cl)cc2Cl)cc1. The van der Waals surface area contributed by atoms with Gasteiger partial charge in [-0.3, -0.25) is 9.59 Å². The summed E-state index contributed by atoms with van der Waals surface area (Å²) in [5.41, 5.74) is 2.87. The molecule has 2 rings (SSSR count). The van der Waals surface area contributed by atoms with Crippen LogP contribution in [-0.4, -0.2) is 18.5 Å². The van der Waals surface area contributed by atoms with E-state index in [0.717, 1.165) is 12.0 Å². The summed E-state index contributed by atoms with van der Waals surface area (Å²) in [5, 5.41) is 3.72. The summed E-state index contributed by atoms with van der Waals surface area (Å²) in [6, 6.07) is 12.9. The van der Waals surface area contributed by atoms with E-state index in [1.54, 1.807) is 18.2 Å². The van der Waals surface area contributed by atoms with Crippen molar-refractivity contribution in [3.63, 3.8) is 0 Å². The molecule has 0 aliphatic heterocycles. The predicted octanol–water partition coefficient (Wildman–Crippen LogP) is 5.16. The summed E-state index contributed by atoms with van der Waals surface area (Å²) < 4.78 is 5.05. The van der Waals surface area contributed by atoms with Crippen molar-refractivity contribution in [1.29, 1.82) is 0 Å². The molecule has 0 aliphatic rings. The third-order valence-electron chi connectivity index (χ3n) is 4.22. The number of halogens is 2. The van der Waals surface area contributed by atoms with E-state index in [0.29, 0.717) is 21.5 Å². The lowest BCUT2D eigenvalue weighted by molar-refractivity contribution is -0.148. The molecule has 0 saturated carbocycles.